The molecule has 0 saturated heterocycles. The highest BCUT2D eigenvalue weighted by atomic mass is 35.5. The number of amides is 1. The zero-order valence-corrected chi connectivity index (χ0v) is 14.9. The number of hydrogen-bond donors (Lipinski definition) is 1. The molecule has 0 bridgehead atoms. The van der Waals surface area contributed by atoms with Gasteiger partial charge < -0.3 is 5.32 Å². The summed E-state index contributed by atoms with van der Waals surface area (Å²) in [4.78, 5) is 16.8. The molecule has 0 radical (unpaired) electrons. The van der Waals surface area contributed by atoms with Gasteiger partial charge in [-0.3, -0.25) is 4.79 Å². The van der Waals surface area contributed by atoms with E-state index < -0.39 is 5.82 Å². The largest absolute Gasteiger partial charge is 0.348 e. The molecule has 0 aliphatic carbocycles. The molecule has 0 aliphatic heterocycles. The summed E-state index contributed by atoms with van der Waals surface area (Å²) in [6, 6.07) is 12.2. The number of nitrogens with one attached hydrogen (secondary N) is 1. The van der Waals surface area contributed by atoms with Crippen LogP contribution in [0.5, 0.6) is 0 Å². The number of thiazole rings is 1. The lowest BCUT2D eigenvalue weighted by atomic mass is 10.2. The molecule has 0 fully saturated rings. The maximum Gasteiger partial charge on any atom is 0.254 e. The molecule has 4 rings (SSSR count). The summed E-state index contributed by atoms with van der Waals surface area (Å²) in [5, 5.41) is 7.68. The highest BCUT2D eigenvalue weighted by Crippen LogP contribution is 2.24. The minimum atomic E-state index is -0.512. The van der Waals surface area contributed by atoms with Crippen LogP contribution in [0.1, 0.15) is 15.9 Å². The van der Waals surface area contributed by atoms with Crippen molar-refractivity contribution >= 4 is 39.1 Å². The van der Waals surface area contributed by atoms with Gasteiger partial charge in [-0.2, -0.15) is 5.10 Å². The zero-order valence-electron chi connectivity index (χ0n) is 13.3. The van der Waals surface area contributed by atoms with Crippen LogP contribution in [0.15, 0.2) is 54.9 Å². The fourth-order valence-electron chi connectivity index (χ4n) is 2.44. The van der Waals surface area contributed by atoms with E-state index in [0.717, 1.165) is 10.2 Å². The highest BCUT2D eigenvalue weighted by molar-refractivity contribution is 7.20. The summed E-state index contributed by atoms with van der Waals surface area (Å²) in [5.74, 6) is -0.810. The number of benzene rings is 2. The molecule has 1 N–H and O–H groups in total. The highest BCUT2D eigenvalue weighted by Gasteiger charge is 2.12. The lowest BCUT2D eigenvalue weighted by molar-refractivity contribution is 0.0951. The summed E-state index contributed by atoms with van der Waals surface area (Å²) in [6.45, 7) is 0.194. The standard InChI is InChI=1S/C18H12ClFN4OS/c19-13-6-5-11(7-14(13)20)8-21-17(25)12-9-22-24(10-12)18-23-15-3-1-2-4-16(15)26-18/h1-7,9-10H,8H2,(H,21,25). The SMILES string of the molecule is O=C(NCc1ccc(Cl)c(F)c1)c1cnn(-c2nc3ccccc3s2)c1. The van der Waals surface area contributed by atoms with Gasteiger partial charge in [0.2, 0.25) is 5.13 Å². The zero-order chi connectivity index (χ0) is 18.1. The molecule has 130 valence electrons. The Kier molecular flexibility index (Phi) is 4.40. The van der Waals surface area contributed by atoms with Crippen molar-refractivity contribution in [3.05, 3.63) is 76.8 Å². The minimum absolute atomic E-state index is 0.0530. The molecule has 2 aromatic carbocycles. The molecule has 0 unspecified atom stereocenters. The smallest absolute Gasteiger partial charge is 0.254 e. The quantitative estimate of drug-likeness (QED) is 0.571. The lowest BCUT2D eigenvalue weighted by Crippen LogP contribution is -2.22. The van der Waals surface area contributed by atoms with Crippen molar-refractivity contribution in [1.29, 1.82) is 0 Å². The number of aromatic nitrogens is 3. The average molecular weight is 387 g/mol. The van der Waals surface area contributed by atoms with Crippen molar-refractivity contribution in [3.8, 4) is 5.13 Å². The number of hydrogen-bond acceptors (Lipinski definition) is 4. The molecule has 1 amide bonds. The third-order valence-corrected chi connectivity index (χ3v) is 5.09. The molecule has 4 aromatic rings. The van der Waals surface area contributed by atoms with Crippen LogP contribution in [0.25, 0.3) is 15.3 Å². The number of carbonyl (C=O) groups is 1. The summed E-state index contributed by atoms with van der Waals surface area (Å²) in [5.41, 5.74) is 1.91. The van der Waals surface area contributed by atoms with Crippen molar-refractivity contribution in [1.82, 2.24) is 20.1 Å². The van der Waals surface area contributed by atoms with Crippen molar-refractivity contribution in [2.24, 2.45) is 0 Å². The molecule has 2 heterocycles. The molecular weight excluding hydrogens is 375 g/mol. The molecule has 26 heavy (non-hydrogen) atoms. The van der Waals surface area contributed by atoms with Crippen LogP contribution in [-0.4, -0.2) is 20.7 Å². The second-order valence-electron chi connectivity index (χ2n) is 5.57. The van der Waals surface area contributed by atoms with E-state index in [2.05, 4.69) is 15.4 Å². The van der Waals surface area contributed by atoms with E-state index in [1.54, 1.807) is 16.9 Å². The Hall–Kier alpha value is -2.77. The van der Waals surface area contributed by atoms with E-state index in [0.29, 0.717) is 16.3 Å². The van der Waals surface area contributed by atoms with E-state index in [1.165, 1.54) is 29.7 Å². The summed E-state index contributed by atoms with van der Waals surface area (Å²) >= 11 is 7.14. The lowest BCUT2D eigenvalue weighted by Gasteiger charge is -2.04. The van der Waals surface area contributed by atoms with Gasteiger partial charge in [-0.15, -0.1) is 0 Å². The summed E-state index contributed by atoms with van der Waals surface area (Å²) < 4.78 is 16.1. The first-order valence-electron chi connectivity index (χ1n) is 7.73. The average Bonchev–Trinajstić information content (AvgIpc) is 3.29. The molecule has 0 saturated carbocycles. The molecular formula is C18H12ClFN4OS. The first-order chi connectivity index (χ1) is 12.6. The first-order valence-corrected chi connectivity index (χ1v) is 8.92. The molecule has 0 spiro atoms. The molecule has 0 aliphatic rings. The Bertz CT molecular complexity index is 1070. The molecule has 8 heteroatoms. The fraction of sp³-hybridized carbons (Fsp3) is 0.0556. The summed E-state index contributed by atoms with van der Waals surface area (Å²) in [7, 11) is 0. The van der Waals surface area contributed by atoms with Gasteiger partial charge in [-0.05, 0) is 29.8 Å². The van der Waals surface area contributed by atoms with Crippen molar-refractivity contribution in [2.45, 2.75) is 6.54 Å². The Morgan fingerprint density at radius 3 is 2.92 bits per heavy atom. The number of fused-ring (bicyclic) bond motifs is 1. The van der Waals surface area contributed by atoms with E-state index in [1.807, 2.05) is 24.3 Å². The maximum atomic E-state index is 13.4. The fourth-order valence-corrected chi connectivity index (χ4v) is 3.45. The maximum absolute atomic E-state index is 13.4. The predicted molar refractivity (Wildman–Crippen MR) is 99.3 cm³/mol. The molecule has 2 aromatic heterocycles. The van der Waals surface area contributed by atoms with Gasteiger partial charge >= 0.3 is 0 Å². The van der Waals surface area contributed by atoms with E-state index in [9.17, 15) is 9.18 Å². The van der Waals surface area contributed by atoms with Gasteiger partial charge in [0.25, 0.3) is 5.91 Å². The second kappa shape index (κ2) is 6.86. The molecule has 5 nitrogen and oxygen atoms in total. The Labute approximate surface area is 157 Å². The van der Waals surface area contributed by atoms with Crippen LogP contribution in [0, 0.1) is 5.82 Å². The summed E-state index contributed by atoms with van der Waals surface area (Å²) in [6.07, 6.45) is 3.10. The van der Waals surface area contributed by atoms with Gasteiger partial charge in [0, 0.05) is 12.7 Å². The minimum Gasteiger partial charge on any atom is -0.348 e. The van der Waals surface area contributed by atoms with Crippen LogP contribution in [0.3, 0.4) is 0 Å². The molecule has 0 atom stereocenters. The van der Waals surface area contributed by atoms with Gasteiger partial charge in [0.1, 0.15) is 5.82 Å². The normalized spacial score (nSPS) is 11.0. The number of halogens is 2. The van der Waals surface area contributed by atoms with Gasteiger partial charge in [-0.25, -0.2) is 14.1 Å². The third-order valence-electron chi connectivity index (χ3n) is 3.76. The van der Waals surface area contributed by atoms with Gasteiger partial charge in [0.05, 0.1) is 27.0 Å². The van der Waals surface area contributed by atoms with Crippen LogP contribution < -0.4 is 5.32 Å². The van der Waals surface area contributed by atoms with E-state index in [4.69, 9.17) is 11.6 Å². The Morgan fingerprint density at radius 2 is 2.12 bits per heavy atom. The van der Waals surface area contributed by atoms with Gasteiger partial charge in [-0.1, -0.05) is 41.1 Å². The Balaban J connectivity index is 1.48. The monoisotopic (exact) mass is 386 g/mol. The van der Waals surface area contributed by atoms with Crippen LogP contribution in [-0.2, 0) is 6.54 Å². The van der Waals surface area contributed by atoms with Gasteiger partial charge in [0.15, 0.2) is 0 Å². The predicted octanol–water partition coefficient (Wildman–Crippen LogP) is 4.20. The van der Waals surface area contributed by atoms with Crippen LogP contribution >= 0.6 is 22.9 Å². The second-order valence-corrected chi connectivity index (χ2v) is 6.99. The Morgan fingerprint density at radius 1 is 1.27 bits per heavy atom. The van der Waals surface area contributed by atoms with Crippen molar-refractivity contribution in [2.75, 3.05) is 0 Å². The number of para-hydroxylation sites is 1. The third kappa shape index (κ3) is 3.31. The first kappa shape index (κ1) is 16.7. The topological polar surface area (TPSA) is 59.8 Å². The van der Waals surface area contributed by atoms with E-state index >= 15 is 0 Å². The number of rotatable bonds is 4. The van der Waals surface area contributed by atoms with Crippen molar-refractivity contribution in [3.63, 3.8) is 0 Å². The number of carbonyl (C=O) groups excluding carboxylic acids is 1. The van der Waals surface area contributed by atoms with Crippen molar-refractivity contribution < 1.29 is 9.18 Å². The number of nitrogens with zero attached hydrogens (tertiary/aromatic N) is 3. The van der Waals surface area contributed by atoms with E-state index in [-0.39, 0.29) is 17.5 Å². The van der Waals surface area contributed by atoms with Crippen LogP contribution in [0.4, 0.5) is 4.39 Å². The van der Waals surface area contributed by atoms with Crippen LogP contribution in [0.2, 0.25) is 5.02 Å².